The fourth-order valence-corrected chi connectivity index (χ4v) is 3.43. The van der Waals surface area contributed by atoms with Crippen LogP contribution in [-0.4, -0.2) is 29.7 Å². The van der Waals surface area contributed by atoms with E-state index in [0.29, 0.717) is 21.8 Å². The van der Waals surface area contributed by atoms with Gasteiger partial charge in [0.25, 0.3) is 5.91 Å². The first-order chi connectivity index (χ1) is 15.7. The van der Waals surface area contributed by atoms with Crippen LogP contribution in [0.25, 0.3) is 0 Å². The topological polar surface area (TPSA) is 102 Å². The number of amides is 2. The molecule has 0 saturated heterocycles. The van der Waals surface area contributed by atoms with Gasteiger partial charge in [0.05, 0.1) is 10.4 Å². The highest BCUT2D eigenvalue weighted by Gasteiger charge is 2.21. The normalized spacial score (nSPS) is 11.5. The lowest BCUT2D eigenvalue weighted by Gasteiger charge is -2.13. The van der Waals surface area contributed by atoms with Gasteiger partial charge < -0.3 is 15.4 Å². The van der Waals surface area contributed by atoms with Crippen molar-refractivity contribution in [2.75, 3.05) is 10.6 Å². The van der Waals surface area contributed by atoms with Gasteiger partial charge in [-0.05, 0) is 66.9 Å². The third-order valence-corrected chi connectivity index (χ3v) is 5.61. The third-order valence-electron chi connectivity index (χ3n) is 4.74. The number of nitrogens with one attached hydrogen (secondary N) is 2. The molecule has 170 valence electrons. The third kappa shape index (κ3) is 6.36. The Labute approximate surface area is 195 Å². The van der Waals surface area contributed by atoms with E-state index in [1.165, 1.54) is 30.4 Å². The SMILES string of the molecule is CC(C)C(=O)Nc1ccc(C(=O)C(C)OC(=O)c2ccc(NC(=O)c3cccs3)cc2)cc1. The molecule has 1 unspecified atom stereocenters. The summed E-state index contributed by atoms with van der Waals surface area (Å²) in [6, 6.07) is 16.2. The highest BCUT2D eigenvalue weighted by molar-refractivity contribution is 7.12. The average Bonchev–Trinajstić information content (AvgIpc) is 3.34. The van der Waals surface area contributed by atoms with Crippen molar-refractivity contribution in [3.05, 3.63) is 82.0 Å². The lowest BCUT2D eigenvalue weighted by molar-refractivity contribution is -0.118. The van der Waals surface area contributed by atoms with Crippen LogP contribution in [0.3, 0.4) is 0 Å². The molecule has 2 amide bonds. The molecule has 0 radical (unpaired) electrons. The van der Waals surface area contributed by atoms with E-state index in [9.17, 15) is 19.2 Å². The van der Waals surface area contributed by atoms with Crippen LogP contribution in [0.4, 0.5) is 11.4 Å². The van der Waals surface area contributed by atoms with Crippen LogP contribution >= 0.6 is 11.3 Å². The Morgan fingerprint density at radius 2 is 1.36 bits per heavy atom. The fourth-order valence-electron chi connectivity index (χ4n) is 2.81. The summed E-state index contributed by atoms with van der Waals surface area (Å²) in [4.78, 5) is 49.5. The van der Waals surface area contributed by atoms with E-state index in [4.69, 9.17) is 4.74 Å². The molecular weight excluding hydrogens is 440 g/mol. The maximum Gasteiger partial charge on any atom is 0.338 e. The van der Waals surface area contributed by atoms with Crippen molar-refractivity contribution >= 4 is 46.3 Å². The van der Waals surface area contributed by atoms with E-state index >= 15 is 0 Å². The number of hydrogen-bond donors (Lipinski definition) is 2. The molecule has 0 aliphatic heterocycles. The number of Topliss-reactive ketones (excluding diaryl/α,β-unsaturated/α-hetero) is 1. The molecule has 0 aliphatic rings. The summed E-state index contributed by atoms with van der Waals surface area (Å²) in [5.74, 6) is -1.50. The average molecular weight is 465 g/mol. The predicted molar refractivity (Wildman–Crippen MR) is 128 cm³/mol. The summed E-state index contributed by atoms with van der Waals surface area (Å²) in [5, 5.41) is 7.32. The van der Waals surface area contributed by atoms with Gasteiger partial charge >= 0.3 is 5.97 Å². The van der Waals surface area contributed by atoms with Crippen molar-refractivity contribution in [1.29, 1.82) is 0 Å². The molecule has 2 aromatic carbocycles. The Morgan fingerprint density at radius 1 is 0.788 bits per heavy atom. The van der Waals surface area contributed by atoms with E-state index in [0.717, 1.165) is 0 Å². The molecule has 0 saturated carbocycles. The number of carbonyl (C=O) groups is 4. The van der Waals surface area contributed by atoms with Crippen LogP contribution in [0.1, 0.15) is 51.2 Å². The first-order valence-electron chi connectivity index (χ1n) is 10.4. The van der Waals surface area contributed by atoms with Gasteiger partial charge in [-0.25, -0.2) is 4.79 Å². The van der Waals surface area contributed by atoms with Crippen molar-refractivity contribution in [2.24, 2.45) is 5.92 Å². The first kappa shape index (κ1) is 23.9. The first-order valence-corrected chi connectivity index (χ1v) is 11.2. The highest BCUT2D eigenvalue weighted by atomic mass is 32.1. The number of thiophene rings is 1. The zero-order chi connectivity index (χ0) is 24.0. The number of hydrogen-bond acceptors (Lipinski definition) is 6. The van der Waals surface area contributed by atoms with Crippen molar-refractivity contribution in [1.82, 2.24) is 0 Å². The zero-order valence-corrected chi connectivity index (χ0v) is 19.3. The van der Waals surface area contributed by atoms with Crippen molar-refractivity contribution in [3.8, 4) is 0 Å². The zero-order valence-electron chi connectivity index (χ0n) is 18.5. The molecule has 0 bridgehead atoms. The van der Waals surface area contributed by atoms with E-state index in [2.05, 4.69) is 10.6 Å². The maximum atomic E-state index is 12.6. The number of benzene rings is 2. The number of esters is 1. The minimum absolute atomic E-state index is 0.117. The number of ketones is 1. The molecule has 2 N–H and O–H groups in total. The minimum atomic E-state index is -0.994. The number of rotatable bonds is 8. The molecule has 0 spiro atoms. The second-order valence-electron chi connectivity index (χ2n) is 7.64. The highest BCUT2D eigenvalue weighted by Crippen LogP contribution is 2.17. The largest absolute Gasteiger partial charge is 0.451 e. The molecule has 0 aliphatic carbocycles. The summed E-state index contributed by atoms with van der Waals surface area (Å²) < 4.78 is 5.31. The molecule has 1 atom stereocenters. The van der Waals surface area contributed by atoms with E-state index in [-0.39, 0.29) is 29.1 Å². The van der Waals surface area contributed by atoms with E-state index < -0.39 is 12.1 Å². The minimum Gasteiger partial charge on any atom is -0.451 e. The molecule has 7 nitrogen and oxygen atoms in total. The van der Waals surface area contributed by atoms with E-state index in [1.54, 1.807) is 62.4 Å². The van der Waals surface area contributed by atoms with Gasteiger partial charge in [-0.3, -0.25) is 14.4 Å². The Kier molecular flexibility index (Phi) is 7.74. The van der Waals surface area contributed by atoms with Gasteiger partial charge in [0.15, 0.2) is 6.10 Å². The standard InChI is InChI=1S/C25H24N2O5S/c1-15(2)23(29)26-19-10-6-17(7-11-19)22(28)16(3)32-25(31)18-8-12-20(13-9-18)27-24(30)21-5-4-14-33-21/h4-16H,1-3H3,(H,26,29)(H,27,30). The Hall–Kier alpha value is -3.78. The van der Waals surface area contributed by atoms with Gasteiger partial charge in [0.1, 0.15) is 0 Å². The van der Waals surface area contributed by atoms with Crippen LogP contribution in [0, 0.1) is 5.92 Å². The second kappa shape index (κ2) is 10.7. The van der Waals surface area contributed by atoms with Gasteiger partial charge in [0.2, 0.25) is 11.7 Å². The summed E-state index contributed by atoms with van der Waals surface area (Å²) >= 11 is 1.33. The predicted octanol–water partition coefficient (Wildman–Crippen LogP) is 5.02. The summed E-state index contributed by atoms with van der Waals surface area (Å²) in [6.07, 6.45) is -0.994. The molecule has 33 heavy (non-hydrogen) atoms. The van der Waals surface area contributed by atoms with Gasteiger partial charge in [0, 0.05) is 22.9 Å². The Morgan fingerprint density at radius 3 is 1.91 bits per heavy atom. The van der Waals surface area contributed by atoms with Crippen molar-refractivity contribution in [3.63, 3.8) is 0 Å². The lowest BCUT2D eigenvalue weighted by atomic mass is 10.1. The molecule has 1 aromatic heterocycles. The lowest BCUT2D eigenvalue weighted by Crippen LogP contribution is -2.24. The molecule has 1 heterocycles. The van der Waals surface area contributed by atoms with Crippen LogP contribution in [0.15, 0.2) is 66.0 Å². The molecular formula is C25H24N2O5S. The summed E-state index contributed by atoms with van der Waals surface area (Å²) in [5.41, 5.74) is 1.75. The quantitative estimate of drug-likeness (QED) is 0.360. The smallest absolute Gasteiger partial charge is 0.338 e. The molecule has 8 heteroatoms. The summed E-state index contributed by atoms with van der Waals surface area (Å²) in [6.45, 7) is 5.08. The molecule has 3 rings (SSSR count). The number of carbonyl (C=O) groups excluding carboxylic acids is 4. The number of anilines is 2. The van der Waals surface area contributed by atoms with Crippen LogP contribution in [0.2, 0.25) is 0 Å². The van der Waals surface area contributed by atoms with Crippen molar-refractivity contribution < 1.29 is 23.9 Å². The number of ether oxygens (including phenoxy) is 1. The van der Waals surface area contributed by atoms with E-state index in [1.807, 2.05) is 5.38 Å². The van der Waals surface area contributed by atoms with Gasteiger partial charge in [-0.15, -0.1) is 11.3 Å². The van der Waals surface area contributed by atoms with Crippen molar-refractivity contribution in [2.45, 2.75) is 26.9 Å². The molecule has 0 fully saturated rings. The second-order valence-corrected chi connectivity index (χ2v) is 8.59. The monoisotopic (exact) mass is 464 g/mol. The fraction of sp³-hybridized carbons (Fsp3) is 0.200. The van der Waals surface area contributed by atoms with Gasteiger partial charge in [-0.2, -0.15) is 0 Å². The maximum absolute atomic E-state index is 12.6. The van der Waals surface area contributed by atoms with Crippen LogP contribution < -0.4 is 10.6 Å². The Balaban J connectivity index is 1.56. The van der Waals surface area contributed by atoms with Crippen LogP contribution in [0.5, 0.6) is 0 Å². The van der Waals surface area contributed by atoms with Crippen LogP contribution in [-0.2, 0) is 9.53 Å². The summed E-state index contributed by atoms with van der Waals surface area (Å²) in [7, 11) is 0. The molecule has 3 aromatic rings. The Bertz CT molecular complexity index is 1140. The van der Waals surface area contributed by atoms with Gasteiger partial charge in [-0.1, -0.05) is 19.9 Å².